The average Bonchev–Trinajstić information content (AvgIpc) is 2.74. The van der Waals surface area contributed by atoms with Crippen molar-refractivity contribution in [1.82, 2.24) is 5.16 Å². The van der Waals surface area contributed by atoms with Crippen molar-refractivity contribution in [1.29, 1.82) is 0 Å². The van der Waals surface area contributed by atoms with Crippen molar-refractivity contribution in [2.45, 2.75) is 4.90 Å². The van der Waals surface area contributed by atoms with Crippen molar-refractivity contribution in [3.63, 3.8) is 0 Å². The molecule has 4 nitrogen and oxygen atoms in total. The van der Waals surface area contributed by atoms with Crippen molar-refractivity contribution < 1.29 is 13.7 Å². The van der Waals surface area contributed by atoms with Gasteiger partial charge in [-0.15, -0.1) is 11.8 Å². The number of aromatic nitrogens is 1. The molecule has 0 amide bonds. The molecule has 0 atom stereocenters. The van der Waals surface area contributed by atoms with Gasteiger partial charge in [0.15, 0.2) is 0 Å². The SMILES string of the molecule is COc1c(SC)cc(F)cc1-c1cc(N)on1. The van der Waals surface area contributed by atoms with E-state index in [9.17, 15) is 4.39 Å². The van der Waals surface area contributed by atoms with Gasteiger partial charge in [-0.2, -0.15) is 0 Å². The first-order valence-electron chi connectivity index (χ1n) is 4.79. The summed E-state index contributed by atoms with van der Waals surface area (Å²) in [7, 11) is 1.53. The molecule has 0 spiro atoms. The van der Waals surface area contributed by atoms with Crippen LogP contribution in [0.1, 0.15) is 0 Å². The number of ether oxygens (including phenoxy) is 1. The second-order valence-corrected chi connectivity index (χ2v) is 4.15. The molecular formula is C11H11FN2O2S. The molecule has 90 valence electrons. The molecule has 2 N–H and O–H groups in total. The maximum Gasteiger partial charge on any atom is 0.222 e. The minimum absolute atomic E-state index is 0.178. The summed E-state index contributed by atoms with van der Waals surface area (Å²) >= 11 is 1.40. The number of nitrogen functional groups attached to an aromatic ring is 1. The Balaban J connectivity index is 2.63. The summed E-state index contributed by atoms with van der Waals surface area (Å²) in [4.78, 5) is 0.698. The van der Waals surface area contributed by atoms with Crippen LogP contribution in [0.25, 0.3) is 11.3 Å². The molecule has 2 aromatic rings. The van der Waals surface area contributed by atoms with Gasteiger partial charge in [0, 0.05) is 11.6 Å². The normalized spacial score (nSPS) is 10.5. The second-order valence-electron chi connectivity index (χ2n) is 3.30. The van der Waals surface area contributed by atoms with Gasteiger partial charge in [-0.25, -0.2) is 4.39 Å². The fraction of sp³-hybridized carbons (Fsp3) is 0.182. The van der Waals surface area contributed by atoms with Crippen LogP contribution in [-0.2, 0) is 0 Å². The lowest BCUT2D eigenvalue weighted by Gasteiger charge is -2.10. The first-order chi connectivity index (χ1) is 8.15. The Hall–Kier alpha value is -1.69. The predicted octanol–water partition coefficient (Wildman–Crippen LogP) is 2.79. The molecule has 17 heavy (non-hydrogen) atoms. The van der Waals surface area contributed by atoms with Gasteiger partial charge >= 0.3 is 0 Å². The molecule has 0 aliphatic heterocycles. The maximum absolute atomic E-state index is 13.5. The summed E-state index contributed by atoms with van der Waals surface area (Å²) in [6.45, 7) is 0. The largest absolute Gasteiger partial charge is 0.495 e. The van der Waals surface area contributed by atoms with E-state index in [4.69, 9.17) is 15.0 Å². The standard InChI is InChI=1S/C11H11FN2O2S/c1-15-11-7(8-5-10(13)16-14-8)3-6(12)4-9(11)17-2/h3-5H,13H2,1-2H3. The highest BCUT2D eigenvalue weighted by molar-refractivity contribution is 7.98. The van der Waals surface area contributed by atoms with Crippen molar-refractivity contribution in [3.05, 3.63) is 24.0 Å². The van der Waals surface area contributed by atoms with Crippen LogP contribution in [0, 0.1) is 5.82 Å². The van der Waals surface area contributed by atoms with Crippen molar-refractivity contribution >= 4 is 17.6 Å². The summed E-state index contributed by atoms with van der Waals surface area (Å²) in [5.41, 5.74) is 6.43. The van der Waals surface area contributed by atoms with Crippen LogP contribution in [0.3, 0.4) is 0 Å². The van der Waals surface area contributed by atoms with Crippen LogP contribution < -0.4 is 10.5 Å². The van der Waals surface area contributed by atoms with E-state index in [0.29, 0.717) is 21.9 Å². The Labute approximate surface area is 102 Å². The number of hydrogen-bond donors (Lipinski definition) is 1. The Morgan fingerprint density at radius 3 is 2.71 bits per heavy atom. The molecular weight excluding hydrogens is 243 g/mol. The molecule has 1 heterocycles. The summed E-state index contributed by atoms with van der Waals surface area (Å²) in [6.07, 6.45) is 1.85. The highest BCUT2D eigenvalue weighted by Crippen LogP contribution is 2.38. The Bertz CT molecular complexity index is 542. The number of methoxy groups -OCH3 is 1. The number of benzene rings is 1. The first-order valence-corrected chi connectivity index (χ1v) is 6.02. The lowest BCUT2D eigenvalue weighted by Crippen LogP contribution is -1.92. The van der Waals surface area contributed by atoms with E-state index < -0.39 is 0 Å². The fourth-order valence-corrected chi connectivity index (χ4v) is 2.15. The molecule has 0 aliphatic carbocycles. The fourth-order valence-electron chi connectivity index (χ4n) is 1.54. The van der Waals surface area contributed by atoms with Crippen LogP contribution in [0.4, 0.5) is 10.3 Å². The molecule has 0 saturated heterocycles. The average molecular weight is 254 g/mol. The molecule has 1 aromatic heterocycles. The van der Waals surface area contributed by atoms with Gasteiger partial charge in [0.2, 0.25) is 5.88 Å². The van der Waals surface area contributed by atoms with Gasteiger partial charge < -0.3 is 15.0 Å². The highest BCUT2D eigenvalue weighted by atomic mass is 32.2. The molecule has 0 fully saturated rings. The molecule has 6 heteroatoms. The van der Waals surface area contributed by atoms with E-state index >= 15 is 0 Å². The number of hydrogen-bond acceptors (Lipinski definition) is 5. The van der Waals surface area contributed by atoms with E-state index in [-0.39, 0.29) is 11.7 Å². The van der Waals surface area contributed by atoms with Gasteiger partial charge in [0.1, 0.15) is 17.3 Å². The third-order valence-corrected chi connectivity index (χ3v) is 2.99. The third kappa shape index (κ3) is 2.21. The Morgan fingerprint density at radius 1 is 1.41 bits per heavy atom. The molecule has 1 aromatic carbocycles. The molecule has 0 radical (unpaired) electrons. The zero-order valence-electron chi connectivity index (χ0n) is 9.36. The van der Waals surface area contributed by atoms with Gasteiger partial charge in [-0.3, -0.25) is 0 Å². The minimum Gasteiger partial charge on any atom is -0.495 e. The lowest BCUT2D eigenvalue weighted by atomic mass is 10.1. The van der Waals surface area contributed by atoms with E-state index in [1.165, 1.54) is 37.1 Å². The van der Waals surface area contributed by atoms with Crippen LogP contribution in [0.5, 0.6) is 5.75 Å². The quantitative estimate of drug-likeness (QED) is 0.853. The number of rotatable bonds is 3. The lowest BCUT2D eigenvalue weighted by molar-refractivity contribution is 0.403. The van der Waals surface area contributed by atoms with Crippen molar-refractivity contribution in [2.75, 3.05) is 19.1 Å². The van der Waals surface area contributed by atoms with E-state index in [1.807, 2.05) is 6.26 Å². The van der Waals surface area contributed by atoms with Crippen molar-refractivity contribution in [2.24, 2.45) is 0 Å². The van der Waals surface area contributed by atoms with Gasteiger partial charge in [-0.1, -0.05) is 5.16 Å². The predicted molar refractivity (Wildman–Crippen MR) is 64.6 cm³/mol. The third-order valence-electron chi connectivity index (χ3n) is 2.25. The van der Waals surface area contributed by atoms with Crippen LogP contribution in [-0.4, -0.2) is 18.5 Å². The number of thioether (sulfide) groups is 1. The van der Waals surface area contributed by atoms with Crippen LogP contribution >= 0.6 is 11.8 Å². The van der Waals surface area contributed by atoms with Crippen LogP contribution in [0.2, 0.25) is 0 Å². The molecule has 0 unspecified atom stereocenters. The molecule has 2 rings (SSSR count). The van der Waals surface area contributed by atoms with E-state index in [1.54, 1.807) is 0 Å². The summed E-state index contributed by atoms with van der Waals surface area (Å²) < 4.78 is 23.5. The first kappa shape index (κ1) is 11.8. The number of halogens is 1. The van der Waals surface area contributed by atoms with Crippen molar-refractivity contribution in [3.8, 4) is 17.0 Å². The minimum atomic E-state index is -0.355. The summed E-state index contributed by atoms with van der Waals surface area (Å²) in [5.74, 6) is 0.385. The Kier molecular flexibility index (Phi) is 3.23. The zero-order chi connectivity index (χ0) is 12.4. The number of anilines is 1. The summed E-state index contributed by atoms with van der Waals surface area (Å²) in [6, 6.07) is 4.29. The highest BCUT2D eigenvalue weighted by Gasteiger charge is 2.16. The molecule has 0 aliphatic rings. The smallest absolute Gasteiger partial charge is 0.222 e. The maximum atomic E-state index is 13.5. The van der Waals surface area contributed by atoms with Gasteiger partial charge in [0.25, 0.3) is 0 Å². The molecule has 0 saturated carbocycles. The number of nitrogens with two attached hydrogens (primary N) is 1. The molecule has 0 bridgehead atoms. The second kappa shape index (κ2) is 4.67. The van der Waals surface area contributed by atoms with E-state index in [2.05, 4.69) is 5.16 Å². The van der Waals surface area contributed by atoms with Gasteiger partial charge in [0.05, 0.1) is 12.0 Å². The summed E-state index contributed by atoms with van der Waals surface area (Å²) in [5, 5.41) is 3.76. The monoisotopic (exact) mass is 254 g/mol. The zero-order valence-corrected chi connectivity index (χ0v) is 10.2. The topological polar surface area (TPSA) is 61.3 Å². The Morgan fingerprint density at radius 2 is 2.18 bits per heavy atom. The van der Waals surface area contributed by atoms with Gasteiger partial charge in [-0.05, 0) is 18.4 Å². The van der Waals surface area contributed by atoms with E-state index in [0.717, 1.165) is 0 Å². The van der Waals surface area contributed by atoms with Crippen LogP contribution in [0.15, 0.2) is 27.6 Å². The number of nitrogens with zero attached hydrogens (tertiary/aromatic N) is 1.